The Balaban J connectivity index is 1.46. The maximum Gasteiger partial charge on any atom is 0.257 e. The van der Waals surface area contributed by atoms with E-state index in [1.807, 2.05) is 30.3 Å². The van der Waals surface area contributed by atoms with Gasteiger partial charge in [0.1, 0.15) is 5.82 Å². The highest BCUT2D eigenvalue weighted by molar-refractivity contribution is 5.76. The van der Waals surface area contributed by atoms with Crippen molar-refractivity contribution >= 4 is 11.5 Å². The Morgan fingerprint density at radius 3 is 2.52 bits per heavy atom. The van der Waals surface area contributed by atoms with Crippen molar-refractivity contribution in [1.82, 2.24) is 15.2 Å². The number of hydrogen-bond acceptors (Lipinski definition) is 5. The van der Waals surface area contributed by atoms with Gasteiger partial charge in [-0.05, 0) is 30.0 Å². The van der Waals surface area contributed by atoms with E-state index in [4.69, 9.17) is 11.5 Å². The number of benzene rings is 1. The second-order valence-corrected chi connectivity index (χ2v) is 9.77. The van der Waals surface area contributed by atoms with Crippen LogP contribution < -0.4 is 16.8 Å². The number of likely N-dealkylation sites (tertiary alicyclic amines) is 1. The first-order valence-corrected chi connectivity index (χ1v) is 11.9. The average Bonchev–Trinajstić information content (AvgIpc) is 3.13. The molecule has 2 unspecified atom stereocenters. The number of hydrogen-bond donors (Lipinski definition) is 3. The second-order valence-electron chi connectivity index (χ2n) is 9.77. The molecule has 2 fully saturated rings. The lowest BCUT2D eigenvalue weighted by atomic mass is 9.93. The molecule has 7 heteroatoms. The third-order valence-corrected chi connectivity index (χ3v) is 6.84. The SMILES string of the molecule is C=C(NC1CCCCC1)c1cc(-c2ccc(C3CN(CC(C)(F)F)CC3N)cc2)cnc1N. The average molecular weight is 456 g/mol. The standard InChI is InChI=1S/C26H35F2N5/c1-17(32-21-6-4-3-5-7-21)22-12-20(13-31-25(22)30)18-8-10-19(11-9-18)23-14-33(15-24(23)29)16-26(2,27)28/h8-13,21,23-24,32H,1,3-7,14-16,29H2,2H3,(H2,30,31). The fourth-order valence-electron chi connectivity index (χ4n) is 5.16. The molecule has 0 radical (unpaired) electrons. The largest absolute Gasteiger partial charge is 0.383 e. The lowest BCUT2D eigenvalue weighted by Crippen LogP contribution is -2.35. The Hall–Kier alpha value is -2.51. The summed E-state index contributed by atoms with van der Waals surface area (Å²) in [4.78, 5) is 6.16. The molecule has 4 rings (SSSR count). The first-order valence-electron chi connectivity index (χ1n) is 11.9. The highest BCUT2D eigenvalue weighted by Crippen LogP contribution is 2.31. The second kappa shape index (κ2) is 9.77. The molecule has 1 aromatic heterocycles. The molecule has 0 bridgehead atoms. The monoisotopic (exact) mass is 455 g/mol. The molecule has 2 heterocycles. The van der Waals surface area contributed by atoms with Crippen LogP contribution in [0.3, 0.4) is 0 Å². The Labute approximate surface area is 195 Å². The van der Waals surface area contributed by atoms with Gasteiger partial charge in [-0.15, -0.1) is 0 Å². The van der Waals surface area contributed by atoms with Crippen LogP contribution in [0.15, 0.2) is 43.1 Å². The van der Waals surface area contributed by atoms with E-state index >= 15 is 0 Å². The molecule has 1 saturated heterocycles. The van der Waals surface area contributed by atoms with Crippen molar-refractivity contribution in [3.63, 3.8) is 0 Å². The summed E-state index contributed by atoms with van der Waals surface area (Å²) in [5, 5.41) is 3.54. The smallest absolute Gasteiger partial charge is 0.257 e. The molecular formula is C26H35F2N5. The van der Waals surface area contributed by atoms with E-state index in [1.165, 1.54) is 19.3 Å². The van der Waals surface area contributed by atoms with E-state index in [1.54, 1.807) is 11.1 Å². The van der Waals surface area contributed by atoms with Crippen LogP contribution >= 0.6 is 0 Å². The van der Waals surface area contributed by atoms with Crippen LogP contribution in [0, 0.1) is 0 Å². The number of aromatic nitrogens is 1. The van der Waals surface area contributed by atoms with Crippen molar-refractivity contribution in [2.75, 3.05) is 25.4 Å². The van der Waals surface area contributed by atoms with Gasteiger partial charge in [-0.1, -0.05) is 50.1 Å². The molecule has 1 aliphatic carbocycles. The van der Waals surface area contributed by atoms with Crippen LogP contribution in [-0.4, -0.2) is 47.5 Å². The normalized spacial score (nSPS) is 22.4. The van der Waals surface area contributed by atoms with Crippen LogP contribution in [0.2, 0.25) is 0 Å². The number of alkyl halides is 2. The first kappa shape index (κ1) is 23.6. The Kier molecular flexibility index (Phi) is 7.00. The summed E-state index contributed by atoms with van der Waals surface area (Å²) in [5.74, 6) is -2.21. The van der Waals surface area contributed by atoms with Gasteiger partial charge in [0, 0.05) is 61.0 Å². The number of nitrogens with one attached hydrogen (secondary N) is 1. The molecule has 5 N–H and O–H groups in total. The summed E-state index contributed by atoms with van der Waals surface area (Å²) >= 11 is 0. The minimum absolute atomic E-state index is 0.0426. The number of anilines is 1. The van der Waals surface area contributed by atoms with Gasteiger partial charge in [-0.2, -0.15) is 0 Å². The summed E-state index contributed by atoms with van der Waals surface area (Å²) in [6.07, 6.45) is 7.87. The highest BCUT2D eigenvalue weighted by Gasteiger charge is 2.35. The van der Waals surface area contributed by atoms with Crippen LogP contribution in [0.5, 0.6) is 0 Å². The van der Waals surface area contributed by atoms with E-state index in [0.717, 1.165) is 47.7 Å². The molecule has 1 aliphatic heterocycles. The lowest BCUT2D eigenvalue weighted by Gasteiger charge is -2.25. The Morgan fingerprint density at radius 2 is 1.85 bits per heavy atom. The highest BCUT2D eigenvalue weighted by atomic mass is 19.3. The molecule has 5 nitrogen and oxygen atoms in total. The van der Waals surface area contributed by atoms with Crippen LogP contribution in [-0.2, 0) is 0 Å². The van der Waals surface area contributed by atoms with Gasteiger partial charge in [0.15, 0.2) is 0 Å². The zero-order valence-corrected chi connectivity index (χ0v) is 19.4. The Morgan fingerprint density at radius 1 is 1.15 bits per heavy atom. The molecule has 33 heavy (non-hydrogen) atoms. The van der Waals surface area contributed by atoms with Crippen LogP contribution in [0.25, 0.3) is 16.8 Å². The minimum atomic E-state index is -2.71. The fraction of sp³-hybridized carbons (Fsp3) is 0.500. The van der Waals surface area contributed by atoms with E-state index in [9.17, 15) is 8.78 Å². The summed E-state index contributed by atoms with van der Waals surface area (Å²) in [7, 11) is 0. The van der Waals surface area contributed by atoms with Gasteiger partial charge >= 0.3 is 0 Å². The van der Waals surface area contributed by atoms with Crippen molar-refractivity contribution in [1.29, 1.82) is 0 Å². The summed E-state index contributed by atoms with van der Waals surface area (Å²) in [6, 6.07) is 10.5. The number of rotatable bonds is 7. The quantitative estimate of drug-likeness (QED) is 0.568. The Bertz CT molecular complexity index is 964. The number of pyridine rings is 1. The summed E-state index contributed by atoms with van der Waals surface area (Å²) in [5.41, 5.74) is 17.1. The van der Waals surface area contributed by atoms with E-state index in [-0.39, 0.29) is 18.5 Å². The third kappa shape index (κ3) is 5.89. The van der Waals surface area contributed by atoms with E-state index < -0.39 is 5.92 Å². The van der Waals surface area contributed by atoms with Gasteiger partial charge in [0.05, 0.1) is 6.54 Å². The van der Waals surface area contributed by atoms with Crippen LogP contribution in [0.4, 0.5) is 14.6 Å². The van der Waals surface area contributed by atoms with Crippen molar-refractivity contribution in [2.45, 2.75) is 63.0 Å². The molecule has 1 saturated carbocycles. The molecule has 2 atom stereocenters. The topological polar surface area (TPSA) is 80.2 Å². The maximum atomic E-state index is 13.4. The summed E-state index contributed by atoms with van der Waals surface area (Å²) in [6.45, 7) is 5.95. The minimum Gasteiger partial charge on any atom is -0.383 e. The van der Waals surface area contributed by atoms with Crippen LogP contribution in [0.1, 0.15) is 56.1 Å². The predicted molar refractivity (Wildman–Crippen MR) is 131 cm³/mol. The lowest BCUT2D eigenvalue weighted by molar-refractivity contribution is -0.00905. The zero-order chi connectivity index (χ0) is 23.6. The number of nitrogens with zero attached hydrogens (tertiary/aromatic N) is 2. The van der Waals surface area contributed by atoms with E-state index in [0.29, 0.717) is 24.9 Å². The molecule has 2 aromatic rings. The number of nitrogens with two attached hydrogens (primary N) is 2. The van der Waals surface area contributed by atoms with Crippen molar-refractivity contribution in [3.8, 4) is 11.1 Å². The third-order valence-electron chi connectivity index (χ3n) is 6.84. The van der Waals surface area contributed by atoms with E-state index in [2.05, 4.69) is 16.9 Å². The molecule has 2 aliphatic rings. The summed E-state index contributed by atoms with van der Waals surface area (Å²) < 4.78 is 26.8. The number of nitrogen functional groups attached to an aromatic ring is 1. The van der Waals surface area contributed by atoms with Gasteiger partial charge in [0.25, 0.3) is 5.92 Å². The van der Waals surface area contributed by atoms with Crippen molar-refractivity contribution in [2.24, 2.45) is 5.73 Å². The fourth-order valence-corrected chi connectivity index (χ4v) is 5.16. The molecule has 178 valence electrons. The van der Waals surface area contributed by atoms with Gasteiger partial charge in [-0.25, -0.2) is 13.8 Å². The predicted octanol–water partition coefficient (Wildman–Crippen LogP) is 4.61. The van der Waals surface area contributed by atoms with Crippen molar-refractivity contribution < 1.29 is 8.78 Å². The first-order chi connectivity index (χ1) is 15.7. The van der Waals surface area contributed by atoms with Crippen molar-refractivity contribution in [3.05, 3.63) is 54.2 Å². The van der Waals surface area contributed by atoms with Gasteiger partial charge in [-0.3, -0.25) is 4.90 Å². The molecule has 1 aromatic carbocycles. The molecular weight excluding hydrogens is 420 g/mol. The maximum absolute atomic E-state index is 13.4. The molecule has 0 amide bonds. The molecule has 0 spiro atoms. The number of halogens is 2. The van der Waals surface area contributed by atoms with Gasteiger partial charge in [0.2, 0.25) is 0 Å². The zero-order valence-electron chi connectivity index (χ0n) is 19.4. The van der Waals surface area contributed by atoms with Gasteiger partial charge < -0.3 is 16.8 Å².